The molecule has 0 aliphatic rings. The first kappa shape index (κ1) is 13.1. The van der Waals surface area contributed by atoms with Gasteiger partial charge in [0.1, 0.15) is 0 Å². The van der Waals surface area contributed by atoms with Crippen molar-refractivity contribution >= 4 is 33.5 Å². The van der Waals surface area contributed by atoms with Gasteiger partial charge >= 0.3 is 5.97 Å². The Morgan fingerprint density at radius 1 is 1.39 bits per heavy atom. The number of benzene rings is 1. The van der Waals surface area contributed by atoms with Crippen LogP contribution < -0.4 is 0 Å². The van der Waals surface area contributed by atoms with E-state index in [4.69, 9.17) is 16.7 Å². The van der Waals surface area contributed by atoms with E-state index in [1.54, 1.807) is 17.7 Å². The first-order valence-corrected chi connectivity index (χ1v) is 6.33. The molecule has 0 atom stereocenters. The Kier molecular flexibility index (Phi) is 3.45. The molecule has 2 rings (SSSR count). The van der Waals surface area contributed by atoms with Gasteiger partial charge in [0.2, 0.25) is 0 Å². The van der Waals surface area contributed by atoms with E-state index in [0.717, 1.165) is 21.4 Å². The normalized spacial score (nSPS) is 10.7. The average molecular weight is 330 g/mol. The minimum absolute atomic E-state index is 0.0103. The van der Waals surface area contributed by atoms with Crippen molar-refractivity contribution in [3.8, 4) is 5.69 Å². The van der Waals surface area contributed by atoms with E-state index in [0.29, 0.717) is 5.02 Å². The molecule has 1 aromatic heterocycles. The fourth-order valence-corrected chi connectivity index (χ4v) is 2.40. The van der Waals surface area contributed by atoms with Crippen molar-refractivity contribution in [3.63, 3.8) is 0 Å². The quantitative estimate of drug-likeness (QED) is 0.916. The fourth-order valence-electron chi connectivity index (χ4n) is 1.62. The number of aromatic nitrogens is 2. The van der Waals surface area contributed by atoms with E-state index < -0.39 is 5.97 Å². The number of halogens is 2. The smallest absolute Gasteiger partial charge is 0.356 e. The molecule has 0 aliphatic heterocycles. The predicted molar refractivity (Wildman–Crippen MR) is 72.7 cm³/mol. The Bertz CT molecular complexity index is 637. The van der Waals surface area contributed by atoms with E-state index in [9.17, 15) is 4.79 Å². The topological polar surface area (TPSA) is 55.1 Å². The highest BCUT2D eigenvalue weighted by Gasteiger charge is 2.14. The third-order valence-corrected chi connectivity index (χ3v) is 3.61. The molecule has 1 aromatic carbocycles. The number of carboxylic acid groups (broad SMARTS) is 1. The number of aromatic carboxylic acids is 1. The van der Waals surface area contributed by atoms with Gasteiger partial charge in [-0.1, -0.05) is 11.6 Å². The molecular weight excluding hydrogens is 320 g/mol. The van der Waals surface area contributed by atoms with Crippen molar-refractivity contribution in [3.05, 3.63) is 44.6 Å². The summed E-state index contributed by atoms with van der Waals surface area (Å²) in [5, 5.41) is 13.6. The summed E-state index contributed by atoms with van der Waals surface area (Å²) in [6, 6.07) is 5.15. The first-order chi connectivity index (χ1) is 8.40. The molecule has 0 saturated carbocycles. The fraction of sp³-hybridized carbons (Fsp3) is 0.167. The number of hydrogen-bond acceptors (Lipinski definition) is 2. The maximum atomic E-state index is 10.9. The molecule has 0 aliphatic carbocycles. The highest BCUT2D eigenvalue weighted by molar-refractivity contribution is 9.10. The van der Waals surface area contributed by atoms with Crippen LogP contribution in [-0.4, -0.2) is 20.9 Å². The van der Waals surface area contributed by atoms with Gasteiger partial charge in [0.25, 0.3) is 0 Å². The third-order valence-electron chi connectivity index (χ3n) is 2.56. The summed E-state index contributed by atoms with van der Waals surface area (Å²) in [5.41, 5.74) is 2.40. The van der Waals surface area contributed by atoms with Crippen LogP contribution in [0, 0.1) is 13.8 Å². The summed E-state index contributed by atoms with van der Waals surface area (Å²) in [4.78, 5) is 10.9. The highest BCUT2D eigenvalue weighted by atomic mass is 79.9. The lowest BCUT2D eigenvalue weighted by Gasteiger charge is -2.09. The zero-order chi connectivity index (χ0) is 13.4. The largest absolute Gasteiger partial charge is 0.476 e. The molecule has 0 bridgehead atoms. The van der Waals surface area contributed by atoms with Crippen LogP contribution in [0.3, 0.4) is 0 Å². The standard InChI is InChI=1S/C12H10BrClN2O2/c1-6-3-8(13)11(5-9(6)14)16-7(2)4-10(15-16)12(17)18/h3-5H,1-2H3,(H,17,18). The van der Waals surface area contributed by atoms with Crippen molar-refractivity contribution < 1.29 is 9.90 Å². The summed E-state index contributed by atoms with van der Waals surface area (Å²) >= 11 is 9.51. The summed E-state index contributed by atoms with van der Waals surface area (Å²) in [6.45, 7) is 3.69. The van der Waals surface area contributed by atoms with E-state index in [1.807, 2.05) is 13.0 Å². The lowest BCUT2D eigenvalue weighted by Crippen LogP contribution is -2.03. The molecule has 0 unspecified atom stereocenters. The highest BCUT2D eigenvalue weighted by Crippen LogP contribution is 2.28. The number of carboxylic acids is 1. The Morgan fingerprint density at radius 3 is 2.61 bits per heavy atom. The Labute approximate surface area is 117 Å². The zero-order valence-corrected chi connectivity index (χ0v) is 12.1. The van der Waals surface area contributed by atoms with Crippen LogP contribution in [0.25, 0.3) is 5.69 Å². The van der Waals surface area contributed by atoms with Gasteiger partial charge in [-0.2, -0.15) is 5.10 Å². The molecule has 4 nitrogen and oxygen atoms in total. The van der Waals surface area contributed by atoms with Gasteiger partial charge in [0.15, 0.2) is 5.69 Å². The molecular formula is C12H10BrClN2O2. The number of nitrogens with zero attached hydrogens (tertiary/aromatic N) is 2. The summed E-state index contributed by atoms with van der Waals surface area (Å²) in [6.07, 6.45) is 0. The van der Waals surface area contributed by atoms with E-state index in [-0.39, 0.29) is 5.69 Å². The first-order valence-electron chi connectivity index (χ1n) is 5.16. The lowest BCUT2D eigenvalue weighted by atomic mass is 10.2. The third kappa shape index (κ3) is 2.28. The zero-order valence-electron chi connectivity index (χ0n) is 9.74. The molecule has 1 N–H and O–H groups in total. The predicted octanol–water partition coefficient (Wildman–Crippen LogP) is 3.60. The van der Waals surface area contributed by atoms with Gasteiger partial charge in [0, 0.05) is 15.2 Å². The number of rotatable bonds is 2. The SMILES string of the molecule is Cc1cc(Br)c(-n2nc(C(=O)O)cc2C)cc1Cl. The second kappa shape index (κ2) is 4.74. The maximum Gasteiger partial charge on any atom is 0.356 e. The van der Waals surface area contributed by atoms with Crippen LogP contribution in [0.1, 0.15) is 21.7 Å². The Balaban J connectivity index is 2.62. The van der Waals surface area contributed by atoms with Crippen LogP contribution in [0.5, 0.6) is 0 Å². The molecule has 2 aromatic rings. The molecule has 0 saturated heterocycles. The van der Waals surface area contributed by atoms with Crippen LogP contribution >= 0.6 is 27.5 Å². The molecule has 0 fully saturated rings. The summed E-state index contributed by atoms with van der Waals surface area (Å²) < 4.78 is 2.37. The van der Waals surface area contributed by atoms with Crippen LogP contribution in [0.2, 0.25) is 5.02 Å². The minimum atomic E-state index is -1.05. The second-order valence-corrected chi connectivity index (χ2v) is 5.20. The van der Waals surface area contributed by atoms with Gasteiger partial charge in [0.05, 0.1) is 5.69 Å². The minimum Gasteiger partial charge on any atom is -0.476 e. The Hall–Kier alpha value is -1.33. The molecule has 94 valence electrons. The van der Waals surface area contributed by atoms with Crippen molar-refractivity contribution in [1.82, 2.24) is 9.78 Å². The van der Waals surface area contributed by atoms with Crippen molar-refractivity contribution in [2.75, 3.05) is 0 Å². The van der Waals surface area contributed by atoms with Gasteiger partial charge in [-0.3, -0.25) is 0 Å². The molecule has 0 amide bonds. The van der Waals surface area contributed by atoms with E-state index >= 15 is 0 Å². The van der Waals surface area contributed by atoms with E-state index in [1.165, 1.54) is 6.07 Å². The monoisotopic (exact) mass is 328 g/mol. The van der Waals surface area contributed by atoms with Crippen molar-refractivity contribution in [1.29, 1.82) is 0 Å². The molecule has 18 heavy (non-hydrogen) atoms. The number of carbonyl (C=O) groups is 1. The second-order valence-electron chi connectivity index (χ2n) is 3.94. The van der Waals surface area contributed by atoms with Crippen molar-refractivity contribution in [2.24, 2.45) is 0 Å². The van der Waals surface area contributed by atoms with Gasteiger partial charge in [-0.25, -0.2) is 9.48 Å². The van der Waals surface area contributed by atoms with Gasteiger partial charge in [-0.05, 0) is 53.5 Å². The number of aryl methyl sites for hydroxylation is 2. The van der Waals surface area contributed by atoms with Crippen LogP contribution in [-0.2, 0) is 0 Å². The average Bonchev–Trinajstić information content (AvgIpc) is 2.66. The Morgan fingerprint density at radius 2 is 2.06 bits per heavy atom. The lowest BCUT2D eigenvalue weighted by molar-refractivity contribution is 0.0690. The van der Waals surface area contributed by atoms with Crippen LogP contribution in [0.4, 0.5) is 0 Å². The molecule has 1 heterocycles. The van der Waals surface area contributed by atoms with Gasteiger partial charge in [-0.15, -0.1) is 0 Å². The van der Waals surface area contributed by atoms with Gasteiger partial charge < -0.3 is 5.11 Å². The maximum absolute atomic E-state index is 10.9. The number of hydrogen-bond donors (Lipinski definition) is 1. The molecule has 6 heteroatoms. The van der Waals surface area contributed by atoms with Crippen molar-refractivity contribution in [2.45, 2.75) is 13.8 Å². The van der Waals surface area contributed by atoms with E-state index in [2.05, 4.69) is 21.0 Å². The summed E-state index contributed by atoms with van der Waals surface area (Å²) in [7, 11) is 0. The molecule has 0 spiro atoms. The summed E-state index contributed by atoms with van der Waals surface area (Å²) in [5.74, 6) is -1.05. The van der Waals surface area contributed by atoms with Crippen LogP contribution in [0.15, 0.2) is 22.7 Å². The molecule has 0 radical (unpaired) electrons.